The molecule has 5 rings (SSSR count). The van der Waals surface area contributed by atoms with Gasteiger partial charge in [0.05, 0.1) is 0 Å². The summed E-state index contributed by atoms with van der Waals surface area (Å²) in [6.07, 6.45) is 6.04. The summed E-state index contributed by atoms with van der Waals surface area (Å²) in [5.74, 6) is 0.201. The van der Waals surface area contributed by atoms with E-state index in [4.69, 9.17) is 0 Å². The maximum Gasteiger partial charge on any atom is 0.254 e. The highest BCUT2D eigenvalue weighted by atomic mass is 16.2. The molecule has 1 amide bonds. The second-order valence-electron chi connectivity index (χ2n) is 8.23. The number of fused-ring (bicyclic) bond motifs is 4. The number of aromatic nitrogens is 3. The van der Waals surface area contributed by atoms with Crippen molar-refractivity contribution in [2.24, 2.45) is 13.0 Å². The molecule has 5 heterocycles. The Balaban J connectivity index is 1.48. The minimum atomic E-state index is -0.198. The molecule has 2 aliphatic heterocycles. The number of piperidine rings is 1. The molecule has 0 radical (unpaired) electrons. The number of pyridine rings is 3. The van der Waals surface area contributed by atoms with Gasteiger partial charge in [-0.25, -0.2) is 0 Å². The summed E-state index contributed by atoms with van der Waals surface area (Å²) in [5.41, 5.74) is 2.94. The molecule has 1 fully saturated rings. The van der Waals surface area contributed by atoms with Crippen molar-refractivity contribution in [2.45, 2.75) is 18.9 Å². The van der Waals surface area contributed by atoms with Gasteiger partial charge in [-0.2, -0.15) is 0 Å². The molecule has 152 valence electrons. The Kier molecular flexibility index (Phi) is 4.38. The minimum absolute atomic E-state index is 0.00705. The fraction of sp³-hybridized carbons (Fsp3) is 0.304. The summed E-state index contributed by atoms with van der Waals surface area (Å²) in [6, 6.07) is 10.6. The lowest BCUT2D eigenvalue weighted by Crippen LogP contribution is -2.49. The largest absolute Gasteiger partial charge is 0.338 e. The molecular weight excluding hydrogens is 380 g/mol. The van der Waals surface area contributed by atoms with Crippen LogP contribution in [0, 0.1) is 5.92 Å². The second kappa shape index (κ2) is 7.09. The van der Waals surface area contributed by atoms with E-state index in [1.165, 1.54) is 10.6 Å². The molecule has 30 heavy (non-hydrogen) atoms. The smallest absolute Gasteiger partial charge is 0.254 e. The number of hydrogen-bond acceptors (Lipinski definition) is 4. The van der Waals surface area contributed by atoms with Crippen LogP contribution in [0.4, 0.5) is 0 Å². The summed E-state index contributed by atoms with van der Waals surface area (Å²) < 4.78 is 3.31. The summed E-state index contributed by atoms with van der Waals surface area (Å²) in [6.45, 7) is 1.75. The van der Waals surface area contributed by atoms with E-state index in [1.54, 1.807) is 37.8 Å². The Labute approximate surface area is 173 Å². The highest BCUT2D eigenvalue weighted by Crippen LogP contribution is 2.36. The van der Waals surface area contributed by atoms with Crippen molar-refractivity contribution in [1.29, 1.82) is 0 Å². The molecule has 0 unspecified atom stereocenters. The van der Waals surface area contributed by atoms with Gasteiger partial charge >= 0.3 is 0 Å². The SMILES string of the molecule is Cn1ccc(C(=O)N2C[C@@H]3C[C@H](C2)c2cc(-c4cccnc4)cc(=O)n2C3)cc1=O. The van der Waals surface area contributed by atoms with E-state index in [2.05, 4.69) is 11.1 Å². The van der Waals surface area contributed by atoms with Crippen LogP contribution in [0.25, 0.3) is 11.1 Å². The van der Waals surface area contributed by atoms with E-state index in [0.29, 0.717) is 25.2 Å². The first-order chi connectivity index (χ1) is 14.5. The van der Waals surface area contributed by atoms with Gasteiger partial charge in [-0.1, -0.05) is 6.07 Å². The second-order valence-corrected chi connectivity index (χ2v) is 8.23. The van der Waals surface area contributed by atoms with E-state index in [9.17, 15) is 14.4 Å². The van der Waals surface area contributed by atoms with Crippen molar-refractivity contribution in [1.82, 2.24) is 19.0 Å². The third-order valence-electron chi connectivity index (χ3n) is 6.19. The van der Waals surface area contributed by atoms with Crippen molar-refractivity contribution in [3.8, 4) is 11.1 Å². The van der Waals surface area contributed by atoms with Gasteiger partial charge in [-0.3, -0.25) is 19.4 Å². The molecule has 1 saturated heterocycles. The standard InChI is InChI=1S/C23H22N4O3/c1-25-6-4-16(9-21(25)28)23(30)26-12-15-7-19(14-26)20-8-18(10-22(29)27(20)13-15)17-3-2-5-24-11-17/h2-6,8-11,15,19H,7,12-14H2,1H3/t15-,19+/m0/s1. The van der Waals surface area contributed by atoms with E-state index < -0.39 is 0 Å². The molecule has 0 aromatic carbocycles. The molecule has 0 aliphatic carbocycles. The highest BCUT2D eigenvalue weighted by Gasteiger charge is 2.37. The number of carbonyl (C=O) groups is 1. The van der Waals surface area contributed by atoms with E-state index in [0.717, 1.165) is 23.2 Å². The monoisotopic (exact) mass is 402 g/mol. The fourth-order valence-electron chi connectivity index (χ4n) is 4.69. The maximum absolute atomic E-state index is 13.1. The van der Waals surface area contributed by atoms with Crippen molar-refractivity contribution in [2.75, 3.05) is 13.1 Å². The van der Waals surface area contributed by atoms with Crippen molar-refractivity contribution in [3.05, 3.63) is 87.0 Å². The number of aryl methyl sites for hydroxylation is 1. The van der Waals surface area contributed by atoms with Crippen molar-refractivity contribution >= 4 is 5.91 Å². The zero-order valence-corrected chi connectivity index (χ0v) is 16.7. The van der Waals surface area contributed by atoms with E-state index in [-0.39, 0.29) is 28.9 Å². The van der Waals surface area contributed by atoms with Gasteiger partial charge in [0.25, 0.3) is 17.0 Å². The molecular formula is C23H22N4O3. The molecule has 2 aliphatic rings. The Hall–Kier alpha value is -3.48. The zero-order valence-electron chi connectivity index (χ0n) is 16.7. The normalized spacial score (nSPS) is 20.0. The van der Waals surface area contributed by atoms with Crippen LogP contribution in [0.3, 0.4) is 0 Å². The highest BCUT2D eigenvalue weighted by molar-refractivity contribution is 5.94. The fourth-order valence-corrected chi connectivity index (χ4v) is 4.69. The van der Waals surface area contributed by atoms with Crippen LogP contribution >= 0.6 is 0 Å². The first-order valence-electron chi connectivity index (χ1n) is 10.1. The minimum Gasteiger partial charge on any atom is -0.338 e. The van der Waals surface area contributed by atoms with Crippen molar-refractivity contribution < 1.29 is 4.79 Å². The van der Waals surface area contributed by atoms with Crippen LogP contribution in [0.2, 0.25) is 0 Å². The average molecular weight is 402 g/mol. The van der Waals surface area contributed by atoms with Crippen LogP contribution < -0.4 is 11.1 Å². The molecule has 0 N–H and O–H groups in total. The topological polar surface area (TPSA) is 77.2 Å². The first-order valence-corrected chi connectivity index (χ1v) is 10.1. The lowest BCUT2D eigenvalue weighted by Gasteiger charge is -2.43. The van der Waals surface area contributed by atoms with Crippen LogP contribution in [-0.2, 0) is 13.6 Å². The number of nitrogens with zero attached hydrogens (tertiary/aromatic N) is 4. The number of amides is 1. The van der Waals surface area contributed by atoms with Crippen LogP contribution in [0.5, 0.6) is 0 Å². The summed E-state index contributed by atoms with van der Waals surface area (Å²) in [5, 5.41) is 0. The zero-order chi connectivity index (χ0) is 20.8. The maximum atomic E-state index is 13.1. The average Bonchev–Trinajstić information content (AvgIpc) is 2.76. The van der Waals surface area contributed by atoms with Gasteiger partial charge in [0.15, 0.2) is 0 Å². The molecule has 2 atom stereocenters. The molecule has 7 heteroatoms. The Morgan fingerprint density at radius 1 is 1.03 bits per heavy atom. The quantitative estimate of drug-likeness (QED) is 0.656. The Bertz CT molecular complexity index is 1250. The van der Waals surface area contributed by atoms with E-state index in [1.807, 2.05) is 21.6 Å². The third kappa shape index (κ3) is 3.16. The number of carbonyl (C=O) groups excluding carboxylic acids is 1. The van der Waals surface area contributed by atoms with Gasteiger partial charge in [0.1, 0.15) is 0 Å². The van der Waals surface area contributed by atoms with Gasteiger partial charge in [0, 0.05) is 80.1 Å². The first kappa shape index (κ1) is 18.5. The summed E-state index contributed by atoms with van der Waals surface area (Å²) in [7, 11) is 1.66. The molecule has 3 aromatic rings. The van der Waals surface area contributed by atoms with Crippen LogP contribution in [0.15, 0.2) is 64.6 Å². The van der Waals surface area contributed by atoms with Gasteiger partial charge < -0.3 is 14.0 Å². The third-order valence-corrected chi connectivity index (χ3v) is 6.19. The molecule has 0 spiro atoms. The number of hydrogen-bond donors (Lipinski definition) is 0. The van der Waals surface area contributed by atoms with Crippen LogP contribution in [0.1, 0.15) is 28.4 Å². The lowest BCUT2D eigenvalue weighted by atomic mass is 9.82. The van der Waals surface area contributed by atoms with Gasteiger partial charge in [0.2, 0.25) is 0 Å². The molecule has 0 saturated carbocycles. The van der Waals surface area contributed by atoms with Gasteiger partial charge in [-0.15, -0.1) is 0 Å². The predicted molar refractivity (Wildman–Crippen MR) is 112 cm³/mol. The molecule has 7 nitrogen and oxygen atoms in total. The molecule has 2 bridgehead atoms. The summed E-state index contributed by atoms with van der Waals surface area (Å²) in [4.78, 5) is 43.8. The van der Waals surface area contributed by atoms with Crippen LogP contribution in [-0.4, -0.2) is 38.0 Å². The van der Waals surface area contributed by atoms with E-state index >= 15 is 0 Å². The Morgan fingerprint density at radius 2 is 1.90 bits per heavy atom. The van der Waals surface area contributed by atoms with Crippen molar-refractivity contribution in [3.63, 3.8) is 0 Å². The number of rotatable bonds is 2. The Morgan fingerprint density at radius 3 is 2.67 bits per heavy atom. The number of likely N-dealkylation sites (tertiary alicyclic amines) is 1. The lowest BCUT2D eigenvalue weighted by molar-refractivity contribution is 0.0594. The van der Waals surface area contributed by atoms with Gasteiger partial charge in [-0.05, 0) is 36.1 Å². The predicted octanol–water partition coefficient (Wildman–Crippen LogP) is 1.87. The summed E-state index contributed by atoms with van der Waals surface area (Å²) >= 11 is 0. The molecule has 3 aromatic heterocycles.